The molecule has 0 nitrogen and oxygen atoms in total. The molecular formula is C108H176Cl4Zr3. The molecule has 0 aliphatic heterocycles. The van der Waals surface area contributed by atoms with Gasteiger partial charge in [0, 0.05) is 0 Å². The smallest absolute Gasteiger partial charge is 4.00 e. The molecule has 0 amide bonds. The van der Waals surface area contributed by atoms with Crippen LogP contribution in [0.15, 0.2) is 164 Å². The molecule has 1 aromatic carbocycles. The van der Waals surface area contributed by atoms with Crippen molar-refractivity contribution in [2.45, 2.75) is 288 Å². The summed E-state index contributed by atoms with van der Waals surface area (Å²) in [5.74, 6) is 23.0. The van der Waals surface area contributed by atoms with Crippen molar-refractivity contribution in [1.82, 2.24) is 0 Å². The van der Waals surface area contributed by atoms with Crippen molar-refractivity contribution in [2.75, 3.05) is 0 Å². The third-order valence-electron chi connectivity index (χ3n) is 35.8. The van der Waals surface area contributed by atoms with E-state index in [0.717, 1.165) is 171 Å². The Balaban J connectivity index is 0. The van der Waals surface area contributed by atoms with Gasteiger partial charge in [0.05, 0.1) is 0 Å². The number of rotatable bonds is 6. The van der Waals surface area contributed by atoms with E-state index in [2.05, 4.69) is 256 Å². The van der Waals surface area contributed by atoms with Gasteiger partial charge in [-0.25, -0.2) is 0 Å². The molecule has 6 saturated carbocycles. The Bertz CT molecular complexity index is 3390. The molecule has 0 radical (unpaired) electrons. The fraction of sp³-hybridized carbons (Fsp3) is 0.648. The summed E-state index contributed by atoms with van der Waals surface area (Å²) >= 11 is -1.65. The first kappa shape index (κ1) is 117. The van der Waals surface area contributed by atoms with E-state index in [1.54, 1.807) is 134 Å². The predicted octanol–water partition coefficient (Wildman–Crippen LogP) is 35.7. The standard InChI is InChI=1S/2C32H50.2C15H24.C7H7.7CH3.4ClH.3Zr/c2*1-15-17(3)23(9)31-27(19(5)25(11)29(31)21(15)7)13-14-28-20(6)26(12)30-22(8)16(2)18(4)24(10)32(28)30;2*1-8-7-14-12(5)10(3)11(4)13(6)15(14)9(8)2;1-7-5-3-2-4-6-7;;;;;;;;;;;;;;/h2*19-20,25-32H,13-14H2,1-12H3;2*8-9,14-15H,7H2,1-6H3;2-6H,1H2;7*1H3;4*1H;;;/q;;;;8*-1;;;;;3*+4/p-4. The van der Waals surface area contributed by atoms with Gasteiger partial charge in [0.1, 0.15) is 0 Å². The normalized spacial score (nSPS) is 36.3. The topological polar surface area (TPSA) is 0 Å². The third-order valence-corrected chi connectivity index (χ3v) is 35.8. The first-order valence-corrected chi connectivity index (χ1v) is 55.5. The van der Waals surface area contributed by atoms with Gasteiger partial charge in [-0.3, -0.25) is 0 Å². The van der Waals surface area contributed by atoms with Crippen LogP contribution in [0.3, 0.4) is 0 Å². The summed E-state index contributed by atoms with van der Waals surface area (Å²) in [5.41, 5.74) is 40.3. The van der Waals surface area contributed by atoms with Gasteiger partial charge < -0.3 is 52.0 Å². The first-order valence-electron chi connectivity index (χ1n) is 42.8. The predicted molar refractivity (Wildman–Crippen MR) is 513 cm³/mol. The summed E-state index contributed by atoms with van der Waals surface area (Å²) < 4.78 is 0. The molecule has 12 aliphatic carbocycles. The van der Waals surface area contributed by atoms with Gasteiger partial charge in [-0.15, -0.1) is 12.1 Å². The number of benzene rings is 1. The maximum absolute atomic E-state index is 4.93. The van der Waals surface area contributed by atoms with Gasteiger partial charge in [-0.05, 0) is 437 Å². The largest absolute Gasteiger partial charge is 4.00 e. The molecule has 115 heavy (non-hydrogen) atoms. The number of hydrogen-bond donors (Lipinski definition) is 0. The molecule has 28 unspecified atom stereocenters. The maximum Gasteiger partial charge on any atom is 4.00 e. The fourth-order valence-electron chi connectivity index (χ4n) is 26.4. The van der Waals surface area contributed by atoms with Crippen molar-refractivity contribution in [1.29, 1.82) is 0 Å². The Kier molecular flexibility index (Phi) is 49.8. The molecule has 13 rings (SSSR count). The van der Waals surface area contributed by atoms with Gasteiger partial charge in [-0.1, -0.05) is 156 Å². The average Bonchev–Trinajstić information content (AvgIpc) is 1.58. The van der Waals surface area contributed by atoms with Gasteiger partial charge in [-0.2, -0.15) is 24.6 Å². The van der Waals surface area contributed by atoms with E-state index in [4.69, 9.17) is 34.1 Å². The van der Waals surface area contributed by atoms with E-state index < -0.39 is 41.7 Å². The van der Waals surface area contributed by atoms with Gasteiger partial charge >= 0.3 is 102 Å². The van der Waals surface area contributed by atoms with E-state index >= 15 is 0 Å². The van der Waals surface area contributed by atoms with Crippen LogP contribution in [-0.4, -0.2) is 0 Å². The van der Waals surface area contributed by atoms with Crippen LogP contribution < -0.4 is 0 Å². The monoisotopic (exact) mass is 1880 g/mol. The summed E-state index contributed by atoms with van der Waals surface area (Å²) in [6.45, 7) is 91.3. The van der Waals surface area contributed by atoms with Crippen LogP contribution in [0.1, 0.15) is 293 Å². The zero-order valence-corrected chi connectivity index (χ0v) is 92.9. The van der Waals surface area contributed by atoms with Crippen LogP contribution >= 0.6 is 34.1 Å². The minimum absolute atomic E-state index is 0. The molecule has 6 fully saturated rings. The summed E-state index contributed by atoms with van der Waals surface area (Å²) in [6, 6.07) is 9.87. The molecule has 0 saturated heterocycles. The van der Waals surface area contributed by atoms with Crippen molar-refractivity contribution in [3.63, 3.8) is 0 Å². The maximum atomic E-state index is 4.93. The molecule has 0 N–H and O–H groups in total. The third kappa shape index (κ3) is 22.8. The van der Waals surface area contributed by atoms with Crippen molar-refractivity contribution >= 4 is 34.1 Å². The van der Waals surface area contributed by atoms with E-state index in [9.17, 15) is 0 Å². The zero-order chi connectivity index (χ0) is 80.8. The van der Waals surface area contributed by atoms with Crippen molar-refractivity contribution in [3.05, 3.63) is 229 Å². The van der Waals surface area contributed by atoms with Crippen LogP contribution in [-0.2, 0) is 67.9 Å². The quantitative estimate of drug-likeness (QED) is 0.249. The fourth-order valence-corrected chi connectivity index (χ4v) is 26.4. The van der Waals surface area contributed by atoms with E-state index in [1.807, 2.05) is 30.3 Å². The molecule has 7 heteroatoms. The summed E-state index contributed by atoms with van der Waals surface area (Å²) in [6.07, 6.45) is 8.48. The Morgan fingerprint density at radius 3 is 0.565 bits per heavy atom. The molecule has 0 spiro atoms. The second kappa shape index (κ2) is 49.0. The Morgan fingerprint density at radius 2 is 0.400 bits per heavy atom. The number of fused-ring (bicyclic) bond motifs is 6. The van der Waals surface area contributed by atoms with Gasteiger partial charge in [0.2, 0.25) is 0 Å². The number of halogens is 4. The van der Waals surface area contributed by atoms with E-state index in [1.165, 1.54) is 38.5 Å². The molecule has 0 bridgehead atoms. The molecule has 0 heterocycles. The molecular weight excluding hydrogens is 1710 g/mol. The zero-order valence-electron chi connectivity index (χ0n) is 82.5. The second-order valence-corrected chi connectivity index (χ2v) is 46.1. The molecule has 648 valence electrons. The SMILES string of the molecule is CC1=C(C)C2C(C)C(C)C(CCC3C(C)C(C)C4C(C)=C(C)C(C)=C(C)C34)C2C(C)=C1C.CC1=C(C)C2C(C)C(C)C(CCC3C(C)C(C)C4C(C)=C(C)C(C)=C(C)C34)C2C(C)=C1C.CC1=C(C)C2CC(C)C(C)C2C(C)=C1C.CC1=C(C)C2CC(C)C(C)C2C(C)=C1C.[CH2-]c1ccccc1.[CH3-].[CH3-].[CH3-].[CH3-].[CH3-].[CH3-].[CH3-].[Cl][Zr+2][Cl].[Cl][Zr+2][Cl].[Zr+4]. The molecule has 0 aromatic heterocycles. The summed E-state index contributed by atoms with van der Waals surface area (Å²) in [7, 11) is 19.7. The minimum atomic E-state index is -0.826. The van der Waals surface area contributed by atoms with Crippen LogP contribution in [0.4, 0.5) is 0 Å². The van der Waals surface area contributed by atoms with Crippen LogP contribution in [0.5, 0.6) is 0 Å². The van der Waals surface area contributed by atoms with Crippen LogP contribution in [0.2, 0.25) is 0 Å². The van der Waals surface area contributed by atoms with Gasteiger partial charge in [0.25, 0.3) is 0 Å². The second-order valence-electron chi connectivity index (χ2n) is 38.6. The number of allylic oxidation sites excluding steroid dienone is 24. The minimum Gasteiger partial charge on any atom is 4.00 e. The van der Waals surface area contributed by atoms with Crippen molar-refractivity contribution in [2.24, 2.45) is 166 Å². The summed E-state index contributed by atoms with van der Waals surface area (Å²) in [5, 5.41) is 0. The van der Waals surface area contributed by atoms with E-state index in [0.29, 0.717) is 0 Å². The molecule has 1 aromatic rings. The molecule has 12 aliphatic rings. The first-order chi connectivity index (χ1) is 49.9. The average molecular weight is 1890 g/mol. The van der Waals surface area contributed by atoms with Crippen molar-refractivity contribution < 1.29 is 67.9 Å². The van der Waals surface area contributed by atoms with Crippen LogP contribution in [0.25, 0.3) is 0 Å². The Labute approximate surface area is 775 Å². The van der Waals surface area contributed by atoms with Gasteiger partial charge in [0.15, 0.2) is 0 Å². The van der Waals surface area contributed by atoms with Crippen LogP contribution in [0, 0.1) is 225 Å². The Morgan fingerprint density at radius 1 is 0.243 bits per heavy atom. The number of hydrogen-bond acceptors (Lipinski definition) is 0. The summed E-state index contributed by atoms with van der Waals surface area (Å²) in [4.78, 5) is 0. The molecule has 28 atom stereocenters. The Hall–Kier alpha value is -0.221. The van der Waals surface area contributed by atoms with E-state index in [-0.39, 0.29) is 78.2 Å². The van der Waals surface area contributed by atoms with Crippen molar-refractivity contribution in [3.8, 4) is 0 Å².